The molecule has 2 heterocycles. The summed E-state index contributed by atoms with van der Waals surface area (Å²) in [5.41, 5.74) is 1.15. The van der Waals surface area contributed by atoms with Crippen LogP contribution in [0.3, 0.4) is 0 Å². The van der Waals surface area contributed by atoms with E-state index in [1.165, 1.54) is 0 Å². The summed E-state index contributed by atoms with van der Waals surface area (Å²) in [4.78, 5) is 4.47. The summed E-state index contributed by atoms with van der Waals surface area (Å²) in [5, 5.41) is 15.1. The summed E-state index contributed by atoms with van der Waals surface area (Å²) in [6.07, 6.45) is 0.761. The molecule has 0 amide bonds. The van der Waals surface area contributed by atoms with Crippen LogP contribution >= 0.6 is 23.1 Å². The molecule has 0 aliphatic carbocycles. The van der Waals surface area contributed by atoms with Gasteiger partial charge >= 0.3 is 0 Å². The predicted octanol–water partition coefficient (Wildman–Crippen LogP) is 1.13. The fourth-order valence-corrected chi connectivity index (χ4v) is 3.64. The number of rotatable bonds is 3. The maximum atomic E-state index is 9.61. The standard InChI is InChI=1S/C9H14N2OS2/c1-2-6-5-13-9(11-6)14-8-4-10-3-7(8)12/h5,7-8,10,12H,2-4H2,1H3/t7-,8-/m1/s1. The van der Waals surface area contributed by atoms with Gasteiger partial charge in [-0.3, -0.25) is 0 Å². The molecule has 14 heavy (non-hydrogen) atoms. The molecule has 5 heteroatoms. The Labute approximate surface area is 91.9 Å². The molecule has 2 N–H and O–H groups in total. The lowest BCUT2D eigenvalue weighted by Gasteiger charge is -2.09. The number of thiazole rings is 1. The van der Waals surface area contributed by atoms with Gasteiger partial charge < -0.3 is 10.4 Å². The largest absolute Gasteiger partial charge is 0.391 e. The molecule has 0 aromatic carbocycles. The van der Waals surface area contributed by atoms with Crippen LogP contribution < -0.4 is 5.32 Å². The second-order valence-electron chi connectivity index (χ2n) is 3.34. The fourth-order valence-electron chi connectivity index (χ4n) is 1.40. The lowest BCUT2D eigenvalue weighted by molar-refractivity contribution is 0.201. The van der Waals surface area contributed by atoms with Crippen molar-refractivity contribution in [2.75, 3.05) is 13.1 Å². The number of thioether (sulfide) groups is 1. The van der Waals surface area contributed by atoms with Crippen molar-refractivity contribution in [3.63, 3.8) is 0 Å². The normalized spacial score (nSPS) is 27.0. The van der Waals surface area contributed by atoms with Crippen LogP contribution in [-0.2, 0) is 6.42 Å². The minimum atomic E-state index is -0.228. The van der Waals surface area contributed by atoms with Crippen LogP contribution in [0, 0.1) is 0 Å². The average molecular weight is 230 g/mol. The van der Waals surface area contributed by atoms with E-state index >= 15 is 0 Å². The summed E-state index contributed by atoms with van der Waals surface area (Å²) in [5.74, 6) is 0. The van der Waals surface area contributed by atoms with E-state index in [-0.39, 0.29) is 11.4 Å². The number of hydrogen-bond acceptors (Lipinski definition) is 5. The molecule has 1 aromatic rings. The Morgan fingerprint density at radius 1 is 1.71 bits per heavy atom. The highest BCUT2D eigenvalue weighted by Crippen LogP contribution is 2.29. The third-order valence-electron chi connectivity index (χ3n) is 2.27. The molecule has 0 unspecified atom stereocenters. The SMILES string of the molecule is CCc1csc(S[C@@H]2CNC[C@H]2O)n1. The molecule has 0 bridgehead atoms. The smallest absolute Gasteiger partial charge is 0.150 e. The van der Waals surface area contributed by atoms with Crippen molar-refractivity contribution >= 4 is 23.1 Å². The number of nitrogens with zero attached hydrogens (tertiary/aromatic N) is 1. The van der Waals surface area contributed by atoms with Crippen molar-refractivity contribution in [2.24, 2.45) is 0 Å². The molecule has 0 spiro atoms. The summed E-state index contributed by atoms with van der Waals surface area (Å²) in [6.45, 7) is 3.70. The molecule has 1 fully saturated rings. The Morgan fingerprint density at radius 3 is 3.14 bits per heavy atom. The number of aryl methyl sites for hydroxylation is 1. The third kappa shape index (κ3) is 2.28. The van der Waals surface area contributed by atoms with Gasteiger partial charge in [0.1, 0.15) is 0 Å². The van der Waals surface area contributed by atoms with Crippen LogP contribution in [0.1, 0.15) is 12.6 Å². The van der Waals surface area contributed by atoms with Gasteiger partial charge in [0.05, 0.1) is 17.0 Å². The monoisotopic (exact) mass is 230 g/mol. The Balaban J connectivity index is 1.96. The first-order valence-electron chi connectivity index (χ1n) is 4.79. The van der Waals surface area contributed by atoms with Gasteiger partial charge in [0.2, 0.25) is 0 Å². The molecule has 3 nitrogen and oxygen atoms in total. The molecule has 78 valence electrons. The zero-order valence-electron chi connectivity index (χ0n) is 8.06. The molecule has 2 atom stereocenters. The maximum Gasteiger partial charge on any atom is 0.150 e. The van der Waals surface area contributed by atoms with Gasteiger partial charge in [0.15, 0.2) is 4.34 Å². The van der Waals surface area contributed by atoms with Crippen molar-refractivity contribution < 1.29 is 5.11 Å². The number of aliphatic hydroxyl groups excluding tert-OH is 1. The van der Waals surface area contributed by atoms with Crippen molar-refractivity contribution in [3.8, 4) is 0 Å². The lowest BCUT2D eigenvalue weighted by Crippen LogP contribution is -2.19. The second-order valence-corrected chi connectivity index (χ2v) is 5.68. The van der Waals surface area contributed by atoms with E-state index in [4.69, 9.17) is 0 Å². The second kappa shape index (κ2) is 4.61. The molecular weight excluding hydrogens is 216 g/mol. The van der Waals surface area contributed by atoms with Crippen LogP contribution in [0.4, 0.5) is 0 Å². The summed E-state index contributed by atoms with van der Waals surface area (Å²) < 4.78 is 1.08. The molecule has 2 rings (SSSR count). The Bertz CT molecular complexity index is 303. The van der Waals surface area contributed by atoms with Gasteiger partial charge in [-0.05, 0) is 6.42 Å². The predicted molar refractivity (Wildman–Crippen MR) is 60.0 cm³/mol. The van der Waals surface area contributed by atoms with Crippen LogP contribution in [0.25, 0.3) is 0 Å². The Hall–Kier alpha value is -0.100. The van der Waals surface area contributed by atoms with Crippen LogP contribution in [0.2, 0.25) is 0 Å². The van der Waals surface area contributed by atoms with Crippen LogP contribution in [0.15, 0.2) is 9.72 Å². The van der Waals surface area contributed by atoms with E-state index in [0.717, 1.165) is 23.0 Å². The van der Waals surface area contributed by atoms with Gasteiger partial charge in [0.25, 0.3) is 0 Å². The molecule has 0 radical (unpaired) electrons. The minimum Gasteiger partial charge on any atom is -0.391 e. The fraction of sp³-hybridized carbons (Fsp3) is 0.667. The highest BCUT2D eigenvalue weighted by Gasteiger charge is 2.26. The topological polar surface area (TPSA) is 45.1 Å². The first-order chi connectivity index (χ1) is 6.79. The van der Waals surface area contributed by atoms with E-state index in [0.29, 0.717) is 6.54 Å². The third-order valence-corrected chi connectivity index (χ3v) is 4.61. The number of hydrogen-bond donors (Lipinski definition) is 2. The maximum absolute atomic E-state index is 9.61. The molecule has 1 aliphatic rings. The molecule has 0 saturated carbocycles. The van der Waals surface area contributed by atoms with Gasteiger partial charge in [-0.15, -0.1) is 11.3 Å². The van der Waals surface area contributed by atoms with Gasteiger partial charge in [0, 0.05) is 18.5 Å². The van der Waals surface area contributed by atoms with Crippen LogP contribution in [-0.4, -0.2) is 34.5 Å². The lowest BCUT2D eigenvalue weighted by atomic mass is 10.3. The van der Waals surface area contributed by atoms with E-state index in [1.54, 1.807) is 23.1 Å². The molecule has 1 aromatic heterocycles. The van der Waals surface area contributed by atoms with Crippen molar-refractivity contribution in [2.45, 2.75) is 29.0 Å². The van der Waals surface area contributed by atoms with E-state index in [1.807, 2.05) is 0 Å². The summed E-state index contributed by atoms with van der Waals surface area (Å²) >= 11 is 3.37. The zero-order chi connectivity index (χ0) is 9.97. The number of aromatic nitrogens is 1. The highest BCUT2D eigenvalue weighted by atomic mass is 32.2. The number of nitrogens with one attached hydrogen (secondary N) is 1. The Kier molecular flexibility index (Phi) is 3.43. The summed E-state index contributed by atoms with van der Waals surface area (Å²) in [7, 11) is 0. The van der Waals surface area contributed by atoms with Crippen molar-refractivity contribution in [3.05, 3.63) is 11.1 Å². The first-order valence-corrected chi connectivity index (χ1v) is 6.55. The van der Waals surface area contributed by atoms with Crippen molar-refractivity contribution in [1.29, 1.82) is 0 Å². The van der Waals surface area contributed by atoms with Gasteiger partial charge in [-0.25, -0.2) is 4.98 Å². The van der Waals surface area contributed by atoms with Crippen molar-refractivity contribution in [1.82, 2.24) is 10.3 Å². The number of aliphatic hydroxyl groups is 1. The number of β-amino-alcohol motifs (C(OH)–C–C–N with tert-alkyl or cyclic N) is 1. The molecule has 1 saturated heterocycles. The summed E-state index contributed by atoms with van der Waals surface area (Å²) in [6, 6.07) is 0. The van der Waals surface area contributed by atoms with E-state index in [2.05, 4.69) is 22.6 Å². The molecule has 1 aliphatic heterocycles. The minimum absolute atomic E-state index is 0.228. The Morgan fingerprint density at radius 2 is 2.57 bits per heavy atom. The first kappa shape index (κ1) is 10.4. The highest BCUT2D eigenvalue weighted by molar-refractivity contribution is 8.01. The quantitative estimate of drug-likeness (QED) is 0.817. The molecular formula is C9H14N2OS2. The van der Waals surface area contributed by atoms with E-state index < -0.39 is 0 Å². The zero-order valence-corrected chi connectivity index (χ0v) is 9.70. The average Bonchev–Trinajstić information content (AvgIpc) is 2.77. The van der Waals surface area contributed by atoms with Crippen LogP contribution in [0.5, 0.6) is 0 Å². The van der Waals surface area contributed by atoms with E-state index in [9.17, 15) is 5.11 Å². The van der Waals surface area contributed by atoms with Gasteiger partial charge in [-0.2, -0.15) is 0 Å². The van der Waals surface area contributed by atoms with Gasteiger partial charge in [-0.1, -0.05) is 18.7 Å².